The highest BCUT2D eigenvalue weighted by molar-refractivity contribution is 7.89. The van der Waals surface area contributed by atoms with Gasteiger partial charge in [-0.25, -0.2) is 12.8 Å². The molecule has 2 aromatic rings. The average Bonchev–Trinajstić information content (AvgIpc) is 2.76. The van der Waals surface area contributed by atoms with Crippen LogP contribution in [0.25, 0.3) is 0 Å². The van der Waals surface area contributed by atoms with Crippen LogP contribution in [0.15, 0.2) is 35.2 Å². The first-order valence-corrected chi connectivity index (χ1v) is 13.7. The third-order valence-corrected chi connectivity index (χ3v) is 9.71. The van der Waals surface area contributed by atoms with E-state index >= 15 is 0 Å². The van der Waals surface area contributed by atoms with Crippen molar-refractivity contribution in [2.75, 3.05) is 26.2 Å². The van der Waals surface area contributed by atoms with E-state index in [0.717, 1.165) is 73.0 Å². The molecule has 0 atom stereocenters. The van der Waals surface area contributed by atoms with Gasteiger partial charge in [-0.3, -0.25) is 0 Å². The fraction of sp³-hybridized carbons (Fsp3) is 0.556. The lowest BCUT2D eigenvalue weighted by atomic mass is 9.88. The molecule has 0 aliphatic carbocycles. The Morgan fingerprint density at radius 1 is 0.848 bits per heavy atom. The van der Waals surface area contributed by atoms with E-state index in [0.29, 0.717) is 29.9 Å². The van der Waals surface area contributed by atoms with E-state index in [1.807, 2.05) is 52.0 Å². The summed E-state index contributed by atoms with van der Waals surface area (Å²) in [4.78, 5) is 3.02. The molecule has 0 radical (unpaired) electrons. The number of sulfonamides is 1. The molecule has 180 valence electrons. The van der Waals surface area contributed by atoms with Gasteiger partial charge in [-0.2, -0.15) is 4.31 Å². The Kier molecular flexibility index (Phi) is 7.27. The van der Waals surface area contributed by atoms with Crippen molar-refractivity contribution in [2.24, 2.45) is 5.92 Å². The van der Waals surface area contributed by atoms with Crippen LogP contribution in [0.3, 0.4) is 0 Å². The maximum Gasteiger partial charge on any atom is 0.243 e. The third-order valence-electron chi connectivity index (χ3n) is 7.50. The van der Waals surface area contributed by atoms with Crippen LogP contribution in [-0.4, -0.2) is 49.8 Å². The highest BCUT2D eigenvalue weighted by atomic mass is 32.2. The van der Waals surface area contributed by atoms with Crippen LogP contribution in [0.5, 0.6) is 0 Å². The molecule has 4 nitrogen and oxygen atoms in total. The molecule has 33 heavy (non-hydrogen) atoms. The Balaban J connectivity index is 1.32. The lowest BCUT2D eigenvalue weighted by Gasteiger charge is -2.41. The van der Waals surface area contributed by atoms with Crippen molar-refractivity contribution < 1.29 is 12.8 Å². The molecular formula is C27H37FN2O2S. The summed E-state index contributed by atoms with van der Waals surface area (Å²) in [6.45, 7) is 11.0. The quantitative estimate of drug-likeness (QED) is 0.603. The summed E-state index contributed by atoms with van der Waals surface area (Å²) in [6, 6.07) is 9.75. The van der Waals surface area contributed by atoms with E-state index in [1.165, 1.54) is 0 Å². The minimum Gasteiger partial charge on any atom is -0.300 e. The van der Waals surface area contributed by atoms with Crippen molar-refractivity contribution in [3.8, 4) is 0 Å². The number of halogens is 1. The van der Waals surface area contributed by atoms with Crippen molar-refractivity contribution in [3.05, 3.63) is 64.0 Å². The van der Waals surface area contributed by atoms with Crippen LogP contribution >= 0.6 is 0 Å². The molecule has 2 aromatic carbocycles. The maximum absolute atomic E-state index is 14.2. The van der Waals surface area contributed by atoms with Crippen LogP contribution in [-0.2, 0) is 16.4 Å². The zero-order valence-corrected chi connectivity index (χ0v) is 21.2. The smallest absolute Gasteiger partial charge is 0.243 e. The molecule has 2 heterocycles. The molecule has 0 N–H and O–H groups in total. The van der Waals surface area contributed by atoms with Crippen molar-refractivity contribution in [2.45, 2.75) is 70.7 Å². The van der Waals surface area contributed by atoms with Gasteiger partial charge in [0.25, 0.3) is 0 Å². The SMILES string of the molecule is Cc1cc(C)c(S(=O)(=O)N2CCC(N3CCC(Cc4cc(C)ccc4F)CC3)CC2)c(C)c1. The summed E-state index contributed by atoms with van der Waals surface area (Å²) >= 11 is 0. The summed E-state index contributed by atoms with van der Waals surface area (Å²) in [6.07, 6.45) is 4.72. The number of aryl methyl sites for hydroxylation is 4. The lowest BCUT2D eigenvalue weighted by Crippen LogP contribution is -2.49. The first-order chi connectivity index (χ1) is 15.6. The first-order valence-electron chi connectivity index (χ1n) is 12.2. The number of likely N-dealkylation sites (tertiary alicyclic amines) is 1. The van der Waals surface area contributed by atoms with Gasteiger partial charge in [0.15, 0.2) is 0 Å². The second kappa shape index (κ2) is 9.85. The molecular weight excluding hydrogens is 435 g/mol. The van der Waals surface area contributed by atoms with Gasteiger partial charge in [-0.1, -0.05) is 35.4 Å². The zero-order valence-electron chi connectivity index (χ0n) is 20.4. The molecule has 0 bridgehead atoms. The van der Waals surface area contributed by atoms with E-state index < -0.39 is 10.0 Å². The zero-order chi connectivity index (χ0) is 23.8. The summed E-state index contributed by atoms with van der Waals surface area (Å²) < 4.78 is 42.6. The molecule has 2 aliphatic heterocycles. The van der Waals surface area contributed by atoms with Crippen LogP contribution in [0.1, 0.15) is 53.5 Å². The van der Waals surface area contributed by atoms with Crippen LogP contribution in [0.4, 0.5) is 4.39 Å². The maximum atomic E-state index is 14.2. The normalized spacial score (nSPS) is 19.8. The van der Waals surface area contributed by atoms with Gasteiger partial charge >= 0.3 is 0 Å². The molecule has 0 amide bonds. The molecule has 0 aromatic heterocycles. The van der Waals surface area contributed by atoms with Gasteiger partial charge in [0.1, 0.15) is 5.82 Å². The van der Waals surface area contributed by atoms with Crippen molar-refractivity contribution in [1.29, 1.82) is 0 Å². The number of piperidine rings is 2. The monoisotopic (exact) mass is 472 g/mol. The van der Waals surface area contributed by atoms with E-state index in [1.54, 1.807) is 10.4 Å². The van der Waals surface area contributed by atoms with Gasteiger partial charge in [-0.05, 0) is 102 Å². The van der Waals surface area contributed by atoms with E-state index in [2.05, 4.69) is 4.90 Å². The highest BCUT2D eigenvalue weighted by Crippen LogP contribution is 2.31. The average molecular weight is 473 g/mol. The summed E-state index contributed by atoms with van der Waals surface area (Å²) in [5.74, 6) is 0.432. The Bertz CT molecular complexity index is 1080. The number of rotatable bonds is 5. The lowest BCUT2D eigenvalue weighted by molar-refractivity contribution is 0.0968. The fourth-order valence-corrected chi connectivity index (χ4v) is 7.72. The molecule has 2 aliphatic rings. The number of nitrogens with zero attached hydrogens (tertiary/aromatic N) is 2. The number of benzene rings is 2. The van der Waals surface area contributed by atoms with Gasteiger partial charge in [-0.15, -0.1) is 0 Å². The predicted molar refractivity (Wildman–Crippen MR) is 132 cm³/mol. The van der Waals surface area contributed by atoms with E-state index in [-0.39, 0.29) is 5.82 Å². The summed E-state index contributed by atoms with van der Waals surface area (Å²) in [5, 5.41) is 0. The minimum absolute atomic E-state index is 0.0874. The molecule has 0 spiro atoms. The van der Waals surface area contributed by atoms with Gasteiger partial charge in [0.05, 0.1) is 4.90 Å². The van der Waals surface area contributed by atoms with E-state index in [9.17, 15) is 12.8 Å². The summed E-state index contributed by atoms with van der Waals surface area (Å²) in [7, 11) is -3.47. The van der Waals surface area contributed by atoms with Gasteiger partial charge < -0.3 is 4.90 Å². The largest absolute Gasteiger partial charge is 0.300 e. The highest BCUT2D eigenvalue weighted by Gasteiger charge is 2.34. The van der Waals surface area contributed by atoms with Gasteiger partial charge in [0, 0.05) is 19.1 Å². The Hall–Kier alpha value is -1.76. The molecule has 0 saturated carbocycles. The fourth-order valence-electron chi connectivity index (χ4n) is 5.84. The minimum atomic E-state index is -3.47. The van der Waals surface area contributed by atoms with E-state index in [4.69, 9.17) is 0 Å². The molecule has 6 heteroatoms. The Morgan fingerprint density at radius 3 is 2.06 bits per heavy atom. The molecule has 2 saturated heterocycles. The molecule has 2 fully saturated rings. The second-order valence-corrected chi connectivity index (χ2v) is 12.0. The van der Waals surface area contributed by atoms with Crippen LogP contribution in [0, 0.1) is 39.4 Å². The number of hydrogen-bond acceptors (Lipinski definition) is 3. The topological polar surface area (TPSA) is 40.6 Å². The standard InChI is InChI=1S/C27H37FN2O2S/c1-19-5-6-26(28)24(17-19)18-23-7-11-29(12-8-23)25-9-13-30(14-10-25)33(31,32)27-21(3)15-20(2)16-22(27)4/h5-6,15-17,23,25H,7-14,18H2,1-4H3. The van der Waals surface area contributed by atoms with Crippen molar-refractivity contribution >= 4 is 10.0 Å². The van der Waals surface area contributed by atoms with Gasteiger partial charge in [0.2, 0.25) is 10.0 Å². The predicted octanol–water partition coefficient (Wildman–Crippen LogP) is 5.17. The van der Waals surface area contributed by atoms with Crippen LogP contribution < -0.4 is 0 Å². The molecule has 4 rings (SSSR count). The first kappa shape index (κ1) is 24.4. The molecule has 0 unspecified atom stereocenters. The van der Waals surface area contributed by atoms with Crippen molar-refractivity contribution in [1.82, 2.24) is 9.21 Å². The second-order valence-electron chi connectivity index (χ2n) is 10.1. The van der Waals surface area contributed by atoms with Crippen molar-refractivity contribution in [3.63, 3.8) is 0 Å². The summed E-state index contributed by atoms with van der Waals surface area (Å²) in [5.41, 5.74) is 4.72. The third kappa shape index (κ3) is 5.33. The Morgan fingerprint density at radius 2 is 1.45 bits per heavy atom. The Labute approximate surface area is 198 Å². The van der Waals surface area contributed by atoms with Crippen LogP contribution in [0.2, 0.25) is 0 Å². The number of hydrogen-bond donors (Lipinski definition) is 0.